The van der Waals surface area contributed by atoms with Gasteiger partial charge in [0.05, 0.1) is 7.11 Å². The second-order valence-corrected chi connectivity index (χ2v) is 10.9. The second-order valence-electron chi connectivity index (χ2n) is 10.4. The minimum absolute atomic E-state index is 0.0776. The fourth-order valence-corrected chi connectivity index (χ4v) is 5.88. The van der Waals surface area contributed by atoms with Crippen molar-refractivity contribution in [1.82, 2.24) is 4.90 Å². The van der Waals surface area contributed by atoms with Crippen LogP contribution in [0.25, 0.3) is 5.57 Å². The minimum atomic E-state index is 0.0776. The van der Waals surface area contributed by atoms with Crippen LogP contribution in [0.4, 0.5) is 0 Å². The van der Waals surface area contributed by atoms with Gasteiger partial charge in [0.2, 0.25) is 0 Å². The Kier molecular flexibility index (Phi) is 13.5. The van der Waals surface area contributed by atoms with Crippen LogP contribution in [0.5, 0.6) is 5.75 Å². The molecule has 37 heavy (non-hydrogen) atoms. The molecule has 1 aliphatic rings. The van der Waals surface area contributed by atoms with E-state index in [2.05, 4.69) is 37.8 Å². The van der Waals surface area contributed by atoms with Gasteiger partial charge in [-0.2, -0.15) is 0 Å². The van der Waals surface area contributed by atoms with Gasteiger partial charge in [0.25, 0.3) is 0 Å². The number of ether oxygens (including phenoxy) is 1. The second kappa shape index (κ2) is 16.0. The van der Waals surface area contributed by atoms with Gasteiger partial charge in [-0.3, -0.25) is 9.69 Å². The van der Waals surface area contributed by atoms with E-state index >= 15 is 0 Å². The zero-order valence-electron chi connectivity index (χ0n) is 24.1. The summed E-state index contributed by atoms with van der Waals surface area (Å²) in [5.41, 5.74) is 4.14. The molecule has 3 nitrogen and oxygen atoms in total. The molecule has 0 bridgehead atoms. The standard InChI is InChI=1S/C20H32ClN.C13H16O2/c1-4-6-12-22-16(3)13-18(15-20(22)7-5-2)14-17-8-10-19(21)11-9-17;1-5-11(10(3)14)12-7-6-8-13(15-4)9(12)2/h8-11,16,18,20H,4-7,12-15H2,1-3H3;5-8H,1-4H3/b;11-5-. The van der Waals surface area contributed by atoms with Crippen LogP contribution >= 0.6 is 11.6 Å². The fraction of sp³-hybridized carbons (Fsp3) is 0.545. The number of nitrogens with zero attached hydrogens (tertiary/aromatic N) is 1. The lowest BCUT2D eigenvalue weighted by atomic mass is 9.81. The van der Waals surface area contributed by atoms with E-state index in [1.54, 1.807) is 14.0 Å². The Bertz CT molecular complexity index is 998. The molecule has 0 radical (unpaired) electrons. The summed E-state index contributed by atoms with van der Waals surface area (Å²) in [5, 5.41) is 0.843. The summed E-state index contributed by atoms with van der Waals surface area (Å²) in [7, 11) is 1.63. The molecule has 2 aromatic rings. The normalized spacial score (nSPS) is 20.2. The van der Waals surface area contributed by atoms with Crippen LogP contribution < -0.4 is 4.74 Å². The quantitative estimate of drug-likeness (QED) is 0.290. The largest absolute Gasteiger partial charge is 0.496 e. The first-order valence-corrected chi connectivity index (χ1v) is 14.4. The molecule has 0 aliphatic carbocycles. The number of ketones is 1. The van der Waals surface area contributed by atoms with Gasteiger partial charge in [-0.25, -0.2) is 0 Å². The lowest BCUT2D eigenvalue weighted by molar-refractivity contribution is -0.111. The zero-order valence-corrected chi connectivity index (χ0v) is 24.9. The van der Waals surface area contributed by atoms with Crippen molar-refractivity contribution >= 4 is 23.0 Å². The fourth-order valence-electron chi connectivity index (χ4n) is 5.75. The molecule has 1 saturated heterocycles. The maximum Gasteiger partial charge on any atom is 0.160 e. The molecule has 1 heterocycles. The number of halogens is 1. The third kappa shape index (κ3) is 9.30. The van der Waals surface area contributed by atoms with E-state index in [1.807, 2.05) is 50.3 Å². The molecule has 3 unspecified atom stereocenters. The van der Waals surface area contributed by atoms with Gasteiger partial charge in [-0.1, -0.05) is 68.6 Å². The molecule has 3 atom stereocenters. The van der Waals surface area contributed by atoms with Crippen molar-refractivity contribution in [1.29, 1.82) is 0 Å². The first-order valence-electron chi connectivity index (χ1n) is 14.1. The van der Waals surface area contributed by atoms with Gasteiger partial charge >= 0.3 is 0 Å². The molecule has 0 amide bonds. The monoisotopic (exact) mass is 525 g/mol. The van der Waals surface area contributed by atoms with Crippen molar-refractivity contribution in [2.75, 3.05) is 13.7 Å². The first-order chi connectivity index (χ1) is 17.7. The number of carbonyl (C=O) groups excluding carboxylic acids is 1. The summed E-state index contributed by atoms with van der Waals surface area (Å²) in [4.78, 5) is 14.2. The van der Waals surface area contributed by atoms with Crippen molar-refractivity contribution < 1.29 is 9.53 Å². The Hall–Kier alpha value is -2.10. The zero-order chi connectivity index (χ0) is 27.4. The Morgan fingerprint density at radius 2 is 1.81 bits per heavy atom. The van der Waals surface area contributed by atoms with Gasteiger partial charge in [0.1, 0.15) is 5.75 Å². The molecule has 0 aromatic heterocycles. The van der Waals surface area contributed by atoms with Crippen molar-refractivity contribution in [3.05, 3.63) is 70.3 Å². The highest BCUT2D eigenvalue weighted by Gasteiger charge is 2.32. The van der Waals surface area contributed by atoms with E-state index < -0.39 is 0 Å². The predicted octanol–water partition coefficient (Wildman–Crippen LogP) is 8.95. The van der Waals surface area contributed by atoms with Gasteiger partial charge in [0.15, 0.2) is 5.78 Å². The Morgan fingerprint density at radius 3 is 2.38 bits per heavy atom. The molecule has 0 spiro atoms. The van der Waals surface area contributed by atoms with E-state index in [9.17, 15) is 4.79 Å². The maximum atomic E-state index is 11.4. The van der Waals surface area contributed by atoms with Crippen LogP contribution in [0.3, 0.4) is 0 Å². The van der Waals surface area contributed by atoms with E-state index in [1.165, 1.54) is 57.1 Å². The van der Waals surface area contributed by atoms with E-state index in [0.717, 1.165) is 45.5 Å². The summed E-state index contributed by atoms with van der Waals surface area (Å²) >= 11 is 6.00. The Morgan fingerprint density at radius 1 is 1.11 bits per heavy atom. The number of carbonyl (C=O) groups is 1. The van der Waals surface area contributed by atoms with Crippen LogP contribution in [0.15, 0.2) is 48.5 Å². The van der Waals surface area contributed by atoms with Crippen molar-refractivity contribution in [2.45, 2.75) is 98.6 Å². The number of hydrogen-bond donors (Lipinski definition) is 0. The van der Waals surface area contributed by atoms with Crippen molar-refractivity contribution in [2.24, 2.45) is 5.92 Å². The van der Waals surface area contributed by atoms with Crippen LogP contribution in [0.1, 0.15) is 89.8 Å². The summed E-state index contributed by atoms with van der Waals surface area (Å²) in [6, 6.07) is 15.7. The maximum absolute atomic E-state index is 11.4. The number of unbranched alkanes of at least 4 members (excludes halogenated alkanes) is 1. The molecule has 4 heteroatoms. The number of methoxy groups -OCH3 is 1. The Balaban J connectivity index is 0.000000281. The Labute approximate surface area is 231 Å². The lowest BCUT2D eigenvalue weighted by Gasteiger charge is -2.44. The molecule has 204 valence electrons. The highest BCUT2D eigenvalue weighted by Crippen LogP contribution is 2.33. The number of Topliss-reactive ketones (excluding diaryl/α,β-unsaturated/α-hetero) is 1. The smallest absolute Gasteiger partial charge is 0.160 e. The minimum Gasteiger partial charge on any atom is -0.496 e. The topological polar surface area (TPSA) is 29.5 Å². The number of hydrogen-bond acceptors (Lipinski definition) is 3. The molecular weight excluding hydrogens is 478 g/mol. The molecule has 0 N–H and O–H groups in total. The van der Waals surface area contributed by atoms with Crippen LogP contribution in [-0.4, -0.2) is 36.4 Å². The van der Waals surface area contributed by atoms with E-state index in [-0.39, 0.29) is 5.78 Å². The third-order valence-electron chi connectivity index (χ3n) is 7.61. The number of likely N-dealkylation sites (tertiary alicyclic amines) is 1. The van der Waals surface area contributed by atoms with Gasteiger partial charge < -0.3 is 4.74 Å². The van der Waals surface area contributed by atoms with E-state index in [0.29, 0.717) is 0 Å². The van der Waals surface area contributed by atoms with Gasteiger partial charge in [-0.15, -0.1) is 0 Å². The SMILES string of the molecule is C/C=C(/C(C)=O)c1cccc(OC)c1C.CCCCN1C(C)CC(Cc2ccc(Cl)cc2)CC1CCC. The highest BCUT2D eigenvalue weighted by molar-refractivity contribution is 6.30. The molecule has 1 fully saturated rings. The van der Waals surface area contributed by atoms with Crippen LogP contribution in [0, 0.1) is 12.8 Å². The first kappa shape index (κ1) is 31.1. The molecule has 3 rings (SSSR count). The molecule has 1 aliphatic heterocycles. The lowest BCUT2D eigenvalue weighted by Crippen LogP contribution is -2.48. The summed E-state index contributed by atoms with van der Waals surface area (Å²) in [6.45, 7) is 13.8. The number of rotatable bonds is 10. The number of allylic oxidation sites excluding steroid dienone is 2. The van der Waals surface area contributed by atoms with Crippen molar-refractivity contribution in [3.63, 3.8) is 0 Å². The van der Waals surface area contributed by atoms with Gasteiger partial charge in [-0.05, 0) is 107 Å². The molecule has 0 saturated carbocycles. The van der Waals surface area contributed by atoms with Crippen LogP contribution in [0.2, 0.25) is 5.02 Å². The van der Waals surface area contributed by atoms with Crippen LogP contribution in [-0.2, 0) is 11.2 Å². The highest BCUT2D eigenvalue weighted by atomic mass is 35.5. The van der Waals surface area contributed by atoms with Crippen molar-refractivity contribution in [3.8, 4) is 5.75 Å². The summed E-state index contributed by atoms with van der Waals surface area (Å²) < 4.78 is 5.22. The summed E-state index contributed by atoms with van der Waals surface area (Å²) in [5.74, 6) is 1.72. The van der Waals surface area contributed by atoms with Gasteiger partial charge in [0, 0.05) is 22.7 Å². The average molecular weight is 526 g/mol. The van der Waals surface area contributed by atoms with E-state index in [4.69, 9.17) is 16.3 Å². The molecule has 2 aromatic carbocycles. The number of piperidine rings is 1. The average Bonchev–Trinajstić information content (AvgIpc) is 2.87. The third-order valence-corrected chi connectivity index (χ3v) is 7.86. The predicted molar refractivity (Wildman–Crippen MR) is 160 cm³/mol. The number of benzene rings is 2. The summed E-state index contributed by atoms with van der Waals surface area (Å²) in [6.07, 6.45) is 11.0. The molecular formula is C33H48ClNO2.